The van der Waals surface area contributed by atoms with Gasteiger partial charge >= 0.3 is 0 Å². The standard InChI is InChI=1S/C27H22N6/c1-3-11-21(12-4-1)19-31(20-22-13-5-2-6-14-22)33-27(23-15-7-8-16-24(23)29-33)32-26-18-10-9-17-25(26)28-30-32/h1-18H,19-20H2. The second-order valence-electron chi connectivity index (χ2n) is 8.01. The van der Waals surface area contributed by atoms with Crippen molar-refractivity contribution in [2.75, 3.05) is 5.01 Å². The summed E-state index contributed by atoms with van der Waals surface area (Å²) >= 11 is 0. The van der Waals surface area contributed by atoms with Crippen LogP contribution in [0.5, 0.6) is 0 Å². The summed E-state index contributed by atoms with van der Waals surface area (Å²) in [6.45, 7) is 1.40. The van der Waals surface area contributed by atoms with Gasteiger partial charge in [0.05, 0.1) is 24.1 Å². The van der Waals surface area contributed by atoms with Crippen molar-refractivity contribution >= 4 is 21.9 Å². The van der Waals surface area contributed by atoms with Gasteiger partial charge in [0.25, 0.3) is 0 Å². The minimum atomic E-state index is 0.698. The van der Waals surface area contributed by atoms with Crippen LogP contribution in [0.3, 0.4) is 0 Å². The molecule has 33 heavy (non-hydrogen) atoms. The minimum Gasteiger partial charge on any atom is -0.286 e. The first-order chi connectivity index (χ1) is 16.4. The summed E-state index contributed by atoms with van der Waals surface area (Å²) < 4.78 is 1.90. The van der Waals surface area contributed by atoms with Crippen molar-refractivity contribution in [3.05, 3.63) is 120 Å². The molecule has 0 aliphatic rings. The summed E-state index contributed by atoms with van der Waals surface area (Å²) in [7, 11) is 0. The molecule has 0 unspecified atom stereocenters. The molecule has 6 heteroatoms. The Morgan fingerprint density at radius 1 is 0.606 bits per heavy atom. The van der Waals surface area contributed by atoms with Gasteiger partial charge in [-0.05, 0) is 35.4 Å². The van der Waals surface area contributed by atoms with Crippen LogP contribution >= 0.6 is 0 Å². The van der Waals surface area contributed by atoms with E-state index in [-0.39, 0.29) is 0 Å². The Labute approximate surface area is 191 Å². The maximum absolute atomic E-state index is 5.02. The fourth-order valence-electron chi connectivity index (χ4n) is 4.21. The van der Waals surface area contributed by atoms with Crippen LogP contribution in [0, 0.1) is 0 Å². The number of rotatable bonds is 6. The lowest BCUT2D eigenvalue weighted by atomic mass is 10.2. The average Bonchev–Trinajstić information content (AvgIpc) is 3.46. The van der Waals surface area contributed by atoms with Crippen molar-refractivity contribution in [2.45, 2.75) is 13.1 Å². The minimum absolute atomic E-state index is 0.698. The summed E-state index contributed by atoms with van der Waals surface area (Å²) in [6.07, 6.45) is 0. The van der Waals surface area contributed by atoms with Crippen molar-refractivity contribution in [1.29, 1.82) is 0 Å². The van der Waals surface area contributed by atoms with Gasteiger partial charge in [-0.1, -0.05) is 90.1 Å². The third-order valence-electron chi connectivity index (χ3n) is 5.77. The molecule has 0 amide bonds. The molecule has 2 heterocycles. The molecular weight excluding hydrogens is 408 g/mol. The molecule has 0 atom stereocenters. The second kappa shape index (κ2) is 8.24. The SMILES string of the molecule is c1ccc(CN(Cc2ccccc2)n2nc3ccccc3c2-n2nnc3ccccc32)cc1. The number of aromatic nitrogens is 5. The summed E-state index contributed by atoms with van der Waals surface area (Å²) in [5.74, 6) is 0.881. The fourth-order valence-corrected chi connectivity index (χ4v) is 4.21. The van der Waals surface area contributed by atoms with Crippen molar-refractivity contribution in [3.8, 4) is 5.82 Å². The van der Waals surface area contributed by atoms with Gasteiger partial charge in [0.15, 0.2) is 5.82 Å². The first-order valence-corrected chi connectivity index (χ1v) is 11.0. The molecule has 0 N–H and O–H groups in total. The van der Waals surface area contributed by atoms with E-state index in [9.17, 15) is 0 Å². The first kappa shape index (κ1) is 19.3. The van der Waals surface area contributed by atoms with Gasteiger partial charge < -0.3 is 0 Å². The second-order valence-corrected chi connectivity index (χ2v) is 8.01. The van der Waals surface area contributed by atoms with E-state index in [1.165, 1.54) is 11.1 Å². The Morgan fingerprint density at radius 3 is 1.88 bits per heavy atom. The summed E-state index contributed by atoms with van der Waals surface area (Å²) in [5.41, 5.74) is 5.14. The first-order valence-electron chi connectivity index (χ1n) is 11.0. The molecule has 2 aromatic heterocycles. The highest BCUT2D eigenvalue weighted by atomic mass is 15.7. The molecule has 6 rings (SSSR count). The number of fused-ring (bicyclic) bond motifs is 2. The molecule has 0 radical (unpaired) electrons. The third-order valence-corrected chi connectivity index (χ3v) is 5.77. The van der Waals surface area contributed by atoms with Gasteiger partial charge in [-0.15, -0.1) is 5.10 Å². The van der Waals surface area contributed by atoms with E-state index in [1.807, 2.05) is 64.1 Å². The largest absolute Gasteiger partial charge is 0.286 e. The zero-order valence-corrected chi connectivity index (χ0v) is 18.0. The van der Waals surface area contributed by atoms with Gasteiger partial charge in [0, 0.05) is 5.39 Å². The highest BCUT2D eigenvalue weighted by Gasteiger charge is 2.21. The summed E-state index contributed by atoms with van der Waals surface area (Å²) in [4.78, 5) is 1.99. The highest BCUT2D eigenvalue weighted by molar-refractivity contribution is 5.88. The molecular formula is C27H22N6. The Morgan fingerprint density at radius 2 is 1.18 bits per heavy atom. The molecule has 0 aliphatic heterocycles. The maximum Gasteiger partial charge on any atom is 0.185 e. The zero-order chi connectivity index (χ0) is 22.0. The van der Waals surface area contributed by atoms with Gasteiger partial charge in [-0.2, -0.15) is 14.6 Å². The Balaban J connectivity index is 1.56. The maximum atomic E-state index is 5.02. The predicted molar refractivity (Wildman–Crippen MR) is 131 cm³/mol. The van der Waals surface area contributed by atoms with Crippen LogP contribution in [0.25, 0.3) is 27.8 Å². The molecule has 6 nitrogen and oxygen atoms in total. The van der Waals surface area contributed by atoms with Crippen molar-refractivity contribution < 1.29 is 0 Å². The van der Waals surface area contributed by atoms with Crippen molar-refractivity contribution in [1.82, 2.24) is 24.9 Å². The van der Waals surface area contributed by atoms with Crippen molar-refractivity contribution in [3.63, 3.8) is 0 Å². The van der Waals surface area contributed by atoms with Gasteiger partial charge in [0.1, 0.15) is 5.52 Å². The van der Waals surface area contributed by atoms with E-state index >= 15 is 0 Å². The molecule has 0 bridgehead atoms. The monoisotopic (exact) mass is 430 g/mol. The lowest BCUT2D eigenvalue weighted by Crippen LogP contribution is -2.36. The van der Waals surface area contributed by atoms with E-state index in [1.54, 1.807) is 0 Å². The number of hydrogen-bond acceptors (Lipinski definition) is 4. The van der Waals surface area contributed by atoms with Crippen LogP contribution in [0.15, 0.2) is 109 Å². The zero-order valence-electron chi connectivity index (χ0n) is 18.0. The molecule has 0 spiro atoms. The van der Waals surface area contributed by atoms with Crippen LogP contribution in [0.2, 0.25) is 0 Å². The van der Waals surface area contributed by atoms with Crippen LogP contribution < -0.4 is 5.01 Å². The lowest BCUT2D eigenvalue weighted by molar-refractivity contribution is 0.510. The average molecular weight is 431 g/mol. The smallest absolute Gasteiger partial charge is 0.185 e. The molecule has 160 valence electrons. The van der Waals surface area contributed by atoms with Crippen LogP contribution in [0.1, 0.15) is 11.1 Å². The van der Waals surface area contributed by atoms with Crippen LogP contribution in [0.4, 0.5) is 0 Å². The Hall–Kier alpha value is -4.45. The Bertz CT molecular complexity index is 1480. The molecule has 0 aliphatic carbocycles. The number of para-hydroxylation sites is 1. The quantitative estimate of drug-likeness (QED) is 0.369. The lowest BCUT2D eigenvalue weighted by Gasteiger charge is -2.26. The normalized spacial score (nSPS) is 11.3. The number of benzene rings is 4. The molecule has 0 fully saturated rings. The summed E-state index contributed by atoms with van der Waals surface area (Å²) in [5, 5.41) is 17.2. The van der Waals surface area contributed by atoms with Gasteiger partial charge in [0.2, 0.25) is 0 Å². The van der Waals surface area contributed by atoms with Crippen LogP contribution in [-0.2, 0) is 13.1 Å². The molecule has 4 aromatic carbocycles. The van der Waals surface area contributed by atoms with E-state index in [2.05, 4.69) is 69.9 Å². The fraction of sp³-hybridized carbons (Fsp3) is 0.0741. The molecule has 6 aromatic rings. The Kier molecular flexibility index (Phi) is 4.81. The highest BCUT2D eigenvalue weighted by Crippen LogP contribution is 2.26. The van der Waals surface area contributed by atoms with Gasteiger partial charge in [-0.3, -0.25) is 5.01 Å². The predicted octanol–water partition coefficient (Wildman–Crippen LogP) is 5.11. The third kappa shape index (κ3) is 3.61. The van der Waals surface area contributed by atoms with Crippen LogP contribution in [-0.4, -0.2) is 24.9 Å². The van der Waals surface area contributed by atoms with E-state index in [0.717, 1.165) is 27.8 Å². The van der Waals surface area contributed by atoms with E-state index in [4.69, 9.17) is 5.10 Å². The van der Waals surface area contributed by atoms with Gasteiger partial charge in [-0.25, -0.2) is 0 Å². The number of nitrogens with zero attached hydrogens (tertiary/aromatic N) is 6. The van der Waals surface area contributed by atoms with E-state index in [0.29, 0.717) is 13.1 Å². The molecule has 0 saturated carbocycles. The molecule has 0 saturated heterocycles. The number of hydrogen-bond donors (Lipinski definition) is 0. The topological polar surface area (TPSA) is 51.8 Å². The summed E-state index contributed by atoms with van der Waals surface area (Å²) in [6, 6.07) is 37.1. The van der Waals surface area contributed by atoms with E-state index < -0.39 is 0 Å². The van der Waals surface area contributed by atoms with Crippen molar-refractivity contribution in [2.24, 2.45) is 0 Å².